The van der Waals surface area contributed by atoms with Crippen molar-refractivity contribution in [3.63, 3.8) is 0 Å². The van der Waals surface area contributed by atoms with Gasteiger partial charge in [-0.15, -0.1) is 0 Å². The Kier molecular flexibility index (Phi) is 1.90. The fourth-order valence-corrected chi connectivity index (χ4v) is 1.37. The van der Waals surface area contributed by atoms with E-state index >= 15 is 0 Å². The summed E-state index contributed by atoms with van der Waals surface area (Å²) in [5.74, 6) is 0. The van der Waals surface area contributed by atoms with Gasteiger partial charge in [0.1, 0.15) is 0 Å². The molecule has 2 aromatic rings. The number of hydrogen-bond donors (Lipinski definition) is 3. The van der Waals surface area contributed by atoms with E-state index in [-0.39, 0.29) is 0 Å². The molecule has 0 aliphatic rings. The van der Waals surface area contributed by atoms with E-state index in [0.29, 0.717) is 6.54 Å². The minimum atomic E-state index is 0.570. The molecular weight excluding hydrogens is 164 g/mol. The van der Waals surface area contributed by atoms with Gasteiger partial charge in [-0.05, 0) is 18.6 Å². The van der Waals surface area contributed by atoms with Gasteiger partial charge >= 0.3 is 0 Å². The van der Waals surface area contributed by atoms with Gasteiger partial charge in [0.05, 0.1) is 6.20 Å². The van der Waals surface area contributed by atoms with Crippen LogP contribution in [0.5, 0.6) is 0 Å². The third-order valence-electron chi connectivity index (χ3n) is 2.15. The summed E-state index contributed by atoms with van der Waals surface area (Å²) in [6, 6.07) is 2.06. The van der Waals surface area contributed by atoms with Crippen LogP contribution in [-0.4, -0.2) is 15.2 Å². The number of nitrogens with one attached hydrogen (secondary N) is 2. The molecule has 0 unspecified atom stereocenters. The van der Waals surface area contributed by atoms with Gasteiger partial charge in [-0.1, -0.05) is 0 Å². The highest BCUT2D eigenvalue weighted by molar-refractivity contribution is 5.59. The van der Waals surface area contributed by atoms with E-state index in [9.17, 15) is 0 Å². The Morgan fingerprint density at radius 1 is 1.54 bits per heavy atom. The van der Waals surface area contributed by atoms with Crippen molar-refractivity contribution < 1.29 is 0 Å². The maximum atomic E-state index is 5.57. The maximum absolute atomic E-state index is 5.57. The van der Waals surface area contributed by atoms with Crippen LogP contribution < -0.4 is 5.73 Å². The van der Waals surface area contributed by atoms with Crippen molar-refractivity contribution in [2.75, 3.05) is 0 Å². The molecule has 0 bridgehead atoms. The summed E-state index contributed by atoms with van der Waals surface area (Å²) in [5.41, 5.74) is 9.97. The number of H-pyrrole nitrogens is 2. The second-order valence-corrected chi connectivity index (χ2v) is 3.02. The largest absolute Gasteiger partial charge is 0.358 e. The molecule has 4 heteroatoms. The Labute approximate surface area is 76.2 Å². The Morgan fingerprint density at radius 2 is 2.38 bits per heavy atom. The van der Waals surface area contributed by atoms with E-state index in [1.165, 1.54) is 0 Å². The molecule has 4 N–H and O–H groups in total. The van der Waals surface area contributed by atoms with Gasteiger partial charge in [-0.2, -0.15) is 5.10 Å². The Bertz CT molecular complexity index is 386. The molecule has 0 spiro atoms. The number of aromatic nitrogens is 3. The van der Waals surface area contributed by atoms with Gasteiger partial charge in [-0.25, -0.2) is 0 Å². The van der Waals surface area contributed by atoms with Gasteiger partial charge in [0.15, 0.2) is 0 Å². The zero-order valence-corrected chi connectivity index (χ0v) is 7.46. The lowest BCUT2D eigenvalue weighted by Gasteiger charge is -1.89. The van der Waals surface area contributed by atoms with E-state index in [1.807, 2.05) is 13.1 Å². The second-order valence-electron chi connectivity index (χ2n) is 3.02. The van der Waals surface area contributed by atoms with Crippen LogP contribution in [0.2, 0.25) is 0 Å². The first-order chi connectivity index (χ1) is 6.31. The average Bonchev–Trinajstić information content (AvgIpc) is 2.71. The molecule has 0 atom stereocenters. The molecule has 4 nitrogen and oxygen atoms in total. The van der Waals surface area contributed by atoms with Crippen LogP contribution in [0.3, 0.4) is 0 Å². The first-order valence-corrected chi connectivity index (χ1v) is 4.19. The number of nitrogens with zero attached hydrogens (tertiary/aromatic N) is 1. The third-order valence-corrected chi connectivity index (χ3v) is 2.15. The molecule has 0 saturated heterocycles. The summed E-state index contributed by atoms with van der Waals surface area (Å²) >= 11 is 0. The quantitative estimate of drug-likeness (QED) is 0.642. The molecule has 2 rings (SSSR count). The summed E-state index contributed by atoms with van der Waals surface area (Å²) in [6.45, 7) is 2.59. The SMILES string of the molecule is Cc1[nH]c(-c2cn[nH]c2)cc1CN. The van der Waals surface area contributed by atoms with Crippen LogP contribution in [0.25, 0.3) is 11.3 Å². The topological polar surface area (TPSA) is 70.5 Å². The van der Waals surface area contributed by atoms with Crippen LogP contribution in [0.4, 0.5) is 0 Å². The molecule has 2 heterocycles. The normalized spacial score (nSPS) is 10.6. The summed E-state index contributed by atoms with van der Waals surface area (Å²) in [7, 11) is 0. The van der Waals surface area contributed by atoms with Gasteiger partial charge < -0.3 is 10.7 Å². The lowest BCUT2D eigenvalue weighted by Crippen LogP contribution is -1.95. The van der Waals surface area contributed by atoms with Crippen molar-refractivity contribution in [1.29, 1.82) is 0 Å². The minimum Gasteiger partial charge on any atom is -0.358 e. The zero-order chi connectivity index (χ0) is 9.26. The molecular formula is C9H12N4. The van der Waals surface area contributed by atoms with Crippen LogP contribution in [0.15, 0.2) is 18.5 Å². The highest BCUT2D eigenvalue weighted by Gasteiger charge is 2.04. The van der Waals surface area contributed by atoms with Gasteiger partial charge in [-0.3, -0.25) is 5.10 Å². The predicted octanol–water partition coefficient (Wildman–Crippen LogP) is 1.17. The zero-order valence-electron chi connectivity index (χ0n) is 7.46. The molecule has 0 aliphatic heterocycles. The summed E-state index contributed by atoms with van der Waals surface area (Å²) in [4.78, 5) is 3.26. The fourth-order valence-electron chi connectivity index (χ4n) is 1.37. The van der Waals surface area contributed by atoms with Crippen LogP contribution in [0.1, 0.15) is 11.3 Å². The number of hydrogen-bond acceptors (Lipinski definition) is 2. The monoisotopic (exact) mass is 176 g/mol. The van der Waals surface area contributed by atoms with Crippen molar-refractivity contribution in [3.05, 3.63) is 29.7 Å². The Balaban J connectivity index is 2.43. The Morgan fingerprint density at radius 3 is 2.92 bits per heavy atom. The fraction of sp³-hybridized carbons (Fsp3) is 0.222. The van der Waals surface area contributed by atoms with E-state index in [2.05, 4.69) is 21.2 Å². The number of aromatic amines is 2. The lowest BCUT2D eigenvalue weighted by atomic mass is 10.2. The first-order valence-electron chi connectivity index (χ1n) is 4.19. The number of rotatable bonds is 2. The number of nitrogens with two attached hydrogens (primary N) is 1. The van der Waals surface area contributed by atoms with Crippen LogP contribution in [-0.2, 0) is 6.54 Å². The van der Waals surface area contributed by atoms with Crippen LogP contribution in [0, 0.1) is 6.92 Å². The van der Waals surface area contributed by atoms with Crippen molar-refractivity contribution >= 4 is 0 Å². The predicted molar refractivity (Wildman–Crippen MR) is 51.0 cm³/mol. The number of aryl methyl sites for hydroxylation is 1. The van der Waals surface area contributed by atoms with E-state index < -0.39 is 0 Å². The van der Waals surface area contributed by atoms with E-state index in [1.54, 1.807) is 6.20 Å². The van der Waals surface area contributed by atoms with Crippen molar-refractivity contribution in [3.8, 4) is 11.3 Å². The lowest BCUT2D eigenvalue weighted by molar-refractivity contribution is 1.04. The second kappa shape index (κ2) is 3.06. The molecule has 0 aliphatic carbocycles. The molecule has 0 saturated carbocycles. The average molecular weight is 176 g/mol. The van der Waals surface area contributed by atoms with Crippen LogP contribution >= 0.6 is 0 Å². The molecule has 13 heavy (non-hydrogen) atoms. The van der Waals surface area contributed by atoms with Crippen molar-refractivity contribution in [2.45, 2.75) is 13.5 Å². The Hall–Kier alpha value is -1.55. The standard InChI is InChI=1S/C9H12N4/c1-6-7(3-10)2-9(13-6)8-4-11-12-5-8/h2,4-5,13H,3,10H2,1H3,(H,11,12). The highest BCUT2D eigenvalue weighted by Crippen LogP contribution is 2.19. The van der Waals surface area contributed by atoms with Crippen molar-refractivity contribution in [2.24, 2.45) is 5.73 Å². The maximum Gasteiger partial charge on any atom is 0.0580 e. The third kappa shape index (κ3) is 1.36. The summed E-state index contributed by atoms with van der Waals surface area (Å²) in [5, 5.41) is 6.66. The van der Waals surface area contributed by atoms with Gasteiger partial charge in [0, 0.05) is 29.7 Å². The molecule has 0 amide bonds. The molecule has 0 aromatic carbocycles. The van der Waals surface area contributed by atoms with Gasteiger partial charge in [0.25, 0.3) is 0 Å². The molecule has 0 fully saturated rings. The van der Waals surface area contributed by atoms with Gasteiger partial charge in [0.2, 0.25) is 0 Å². The summed E-state index contributed by atoms with van der Waals surface area (Å²) < 4.78 is 0. The molecule has 68 valence electrons. The van der Waals surface area contributed by atoms with Crippen molar-refractivity contribution in [1.82, 2.24) is 15.2 Å². The molecule has 0 radical (unpaired) electrons. The highest BCUT2D eigenvalue weighted by atomic mass is 15.1. The van der Waals surface area contributed by atoms with E-state index in [4.69, 9.17) is 5.73 Å². The van der Waals surface area contributed by atoms with E-state index in [0.717, 1.165) is 22.5 Å². The minimum absolute atomic E-state index is 0.570. The first kappa shape index (κ1) is 8.07. The molecule has 2 aromatic heterocycles. The summed E-state index contributed by atoms with van der Waals surface area (Å²) in [6.07, 6.45) is 3.64. The smallest absolute Gasteiger partial charge is 0.0580 e.